The van der Waals surface area contributed by atoms with E-state index in [1.165, 1.54) is 14.1 Å². The van der Waals surface area contributed by atoms with Crippen LogP contribution in [0.5, 0.6) is 5.75 Å². The van der Waals surface area contributed by atoms with Crippen LogP contribution in [-0.2, 0) is 14.8 Å². The smallest absolute Gasteiger partial charge is 0.242 e. The molecule has 2 N–H and O–H groups in total. The molecule has 0 bridgehead atoms. The molecule has 152 valence electrons. The number of ether oxygens (including phenoxy) is 1. The minimum Gasteiger partial charge on any atom is -0.492 e. The number of hydrogen-bond donors (Lipinski definition) is 2. The maximum Gasteiger partial charge on any atom is 0.242 e. The van der Waals surface area contributed by atoms with E-state index in [0.717, 1.165) is 21.2 Å². The molecular formula is C20H27N3O4S. The highest BCUT2D eigenvalue weighted by Gasteiger charge is 2.18. The zero-order valence-electron chi connectivity index (χ0n) is 16.7. The maximum atomic E-state index is 12.3. The summed E-state index contributed by atoms with van der Waals surface area (Å²) < 4.78 is 31.2. The van der Waals surface area contributed by atoms with Crippen LogP contribution in [-0.4, -0.2) is 52.4 Å². The molecule has 0 radical (unpaired) electrons. The van der Waals surface area contributed by atoms with Crippen molar-refractivity contribution in [1.29, 1.82) is 0 Å². The summed E-state index contributed by atoms with van der Waals surface area (Å²) in [5.41, 5.74) is 2.57. The van der Waals surface area contributed by atoms with E-state index in [-0.39, 0.29) is 17.3 Å². The van der Waals surface area contributed by atoms with Gasteiger partial charge in [-0.3, -0.25) is 4.79 Å². The Hall–Kier alpha value is -2.58. The molecule has 0 heterocycles. The molecule has 0 fully saturated rings. The van der Waals surface area contributed by atoms with E-state index in [4.69, 9.17) is 4.74 Å². The summed E-state index contributed by atoms with van der Waals surface area (Å²) in [5.74, 6) is 0.565. The van der Waals surface area contributed by atoms with E-state index < -0.39 is 10.0 Å². The van der Waals surface area contributed by atoms with Crippen molar-refractivity contribution < 1.29 is 17.9 Å². The zero-order valence-corrected chi connectivity index (χ0v) is 17.5. The Morgan fingerprint density at radius 3 is 2.54 bits per heavy atom. The van der Waals surface area contributed by atoms with E-state index >= 15 is 0 Å². The van der Waals surface area contributed by atoms with Crippen LogP contribution in [0.1, 0.15) is 11.1 Å². The first kappa shape index (κ1) is 21.7. The van der Waals surface area contributed by atoms with Gasteiger partial charge in [0.05, 0.1) is 18.0 Å². The fourth-order valence-corrected chi connectivity index (χ4v) is 3.39. The molecule has 0 aliphatic rings. The Bertz CT molecular complexity index is 927. The average molecular weight is 406 g/mol. The zero-order chi connectivity index (χ0) is 20.7. The molecule has 2 aromatic carbocycles. The van der Waals surface area contributed by atoms with Crippen molar-refractivity contribution in [3.63, 3.8) is 0 Å². The molecule has 0 atom stereocenters. The van der Waals surface area contributed by atoms with Gasteiger partial charge in [-0.25, -0.2) is 12.7 Å². The monoisotopic (exact) mass is 405 g/mol. The maximum absolute atomic E-state index is 12.3. The number of nitrogens with one attached hydrogen (secondary N) is 2. The third-order valence-electron chi connectivity index (χ3n) is 4.11. The number of hydrogen-bond acceptors (Lipinski definition) is 5. The SMILES string of the molecule is Cc1cccc(OCCNC(=O)CNc2cc(S(=O)(=O)N(C)C)ccc2C)c1. The van der Waals surface area contributed by atoms with Crippen molar-refractivity contribution >= 4 is 21.6 Å². The fourth-order valence-electron chi connectivity index (χ4n) is 2.47. The summed E-state index contributed by atoms with van der Waals surface area (Å²) in [6, 6.07) is 12.5. The molecule has 1 amide bonds. The van der Waals surface area contributed by atoms with Gasteiger partial charge in [0, 0.05) is 19.8 Å². The first-order valence-electron chi connectivity index (χ1n) is 8.93. The van der Waals surface area contributed by atoms with Crippen LogP contribution in [0.3, 0.4) is 0 Å². The quantitative estimate of drug-likeness (QED) is 0.624. The molecule has 2 rings (SSSR count). The topological polar surface area (TPSA) is 87.7 Å². The van der Waals surface area contributed by atoms with Gasteiger partial charge in [-0.05, 0) is 49.2 Å². The second-order valence-electron chi connectivity index (χ2n) is 6.63. The molecule has 8 heteroatoms. The Morgan fingerprint density at radius 1 is 1.11 bits per heavy atom. The molecule has 0 aromatic heterocycles. The molecule has 7 nitrogen and oxygen atoms in total. The lowest BCUT2D eigenvalue weighted by molar-refractivity contribution is -0.119. The molecule has 0 unspecified atom stereocenters. The predicted molar refractivity (Wildman–Crippen MR) is 110 cm³/mol. The van der Waals surface area contributed by atoms with Crippen LogP contribution >= 0.6 is 0 Å². The molecule has 2 aromatic rings. The Labute approximate surface area is 166 Å². The van der Waals surface area contributed by atoms with Crippen molar-refractivity contribution in [2.24, 2.45) is 0 Å². The summed E-state index contributed by atoms with van der Waals surface area (Å²) in [5, 5.41) is 5.76. The summed E-state index contributed by atoms with van der Waals surface area (Å²) in [6.45, 7) is 4.62. The number of rotatable bonds is 9. The van der Waals surface area contributed by atoms with Crippen LogP contribution in [0.15, 0.2) is 47.4 Å². The van der Waals surface area contributed by atoms with Gasteiger partial charge in [0.15, 0.2) is 0 Å². The highest BCUT2D eigenvalue weighted by Crippen LogP contribution is 2.21. The van der Waals surface area contributed by atoms with E-state index in [1.807, 2.05) is 38.1 Å². The Morgan fingerprint density at radius 2 is 1.86 bits per heavy atom. The third-order valence-corrected chi connectivity index (χ3v) is 5.92. The van der Waals surface area contributed by atoms with Crippen molar-refractivity contribution in [3.05, 3.63) is 53.6 Å². The fraction of sp³-hybridized carbons (Fsp3) is 0.350. The predicted octanol–water partition coefficient (Wildman–Crippen LogP) is 2.16. The van der Waals surface area contributed by atoms with E-state index in [1.54, 1.807) is 18.2 Å². The lowest BCUT2D eigenvalue weighted by atomic mass is 10.2. The second kappa shape index (κ2) is 9.57. The van der Waals surface area contributed by atoms with Gasteiger partial charge in [0.25, 0.3) is 0 Å². The highest BCUT2D eigenvalue weighted by atomic mass is 32.2. The standard InChI is InChI=1S/C20H27N3O4S/c1-15-6-5-7-17(12-15)27-11-10-21-20(24)14-22-19-13-18(9-8-16(19)2)28(25,26)23(3)4/h5-9,12-13,22H,10-11,14H2,1-4H3,(H,21,24). The molecule has 0 aliphatic carbocycles. The number of sulfonamides is 1. The molecule has 0 saturated heterocycles. The first-order chi connectivity index (χ1) is 13.2. The van der Waals surface area contributed by atoms with Crippen LogP contribution < -0.4 is 15.4 Å². The number of amides is 1. The molecule has 28 heavy (non-hydrogen) atoms. The van der Waals surface area contributed by atoms with Crippen molar-refractivity contribution in [3.8, 4) is 5.75 Å². The van der Waals surface area contributed by atoms with Gasteiger partial charge in [-0.1, -0.05) is 18.2 Å². The van der Waals surface area contributed by atoms with E-state index in [9.17, 15) is 13.2 Å². The van der Waals surface area contributed by atoms with E-state index in [2.05, 4.69) is 10.6 Å². The second-order valence-corrected chi connectivity index (χ2v) is 8.78. The van der Waals surface area contributed by atoms with Gasteiger partial charge >= 0.3 is 0 Å². The van der Waals surface area contributed by atoms with Crippen LogP contribution in [0.2, 0.25) is 0 Å². The van der Waals surface area contributed by atoms with Gasteiger partial charge in [0.2, 0.25) is 15.9 Å². The lowest BCUT2D eigenvalue weighted by Crippen LogP contribution is -2.33. The number of carbonyl (C=O) groups is 1. The molecule has 0 aliphatic heterocycles. The van der Waals surface area contributed by atoms with Crippen molar-refractivity contribution in [2.45, 2.75) is 18.7 Å². The highest BCUT2D eigenvalue weighted by molar-refractivity contribution is 7.89. The lowest BCUT2D eigenvalue weighted by Gasteiger charge is -2.15. The normalized spacial score (nSPS) is 11.3. The summed E-state index contributed by atoms with van der Waals surface area (Å²) >= 11 is 0. The number of anilines is 1. The molecule has 0 saturated carbocycles. The van der Waals surface area contributed by atoms with Gasteiger partial charge in [-0.2, -0.15) is 0 Å². The first-order valence-corrected chi connectivity index (χ1v) is 10.4. The Kier molecular flexibility index (Phi) is 7.42. The van der Waals surface area contributed by atoms with Crippen LogP contribution in [0.4, 0.5) is 5.69 Å². The number of nitrogens with zero attached hydrogens (tertiary/aromatic N) is 1. The Balaban J connectivity index is 1.84. The van der Waals surface area contributed by atoms with Crippen LogP contribution in [0.25, 0.3) is 0 Å². The minimum atomic E-state index is -3.53. The summed E-state index contributed by atoms with van der Waals surface area (Å²) in [4.78, 5) is 12.2. The number of aryl methyl sites for hydroxylation is 2. The van der Waals surface area contributed by atoms with Gasteiger partial charge in [-0.15, -0.1) is 0 Å². The van der Waals surface area contributed by atoms with Crippen molar-refractivity contribution in [1.82, 2.24) is 9.62 Å². The largest absolute Gasteiger partial charge is 0.492 e. The summed E-state index contributed by atoms with van der Waals surface area (Å²) in [6.07, 6.45) is 0. The average Bonchev–Trinajstić information content (AvgIpc) is 2.64. The number of carbonyl (C=O) groups excluding carboxylic acids is 1. The summed E-state index contributed by atoms with van der Waals surface area (Å²) in [7, 11) is -0.564. The number of benzene rings is 2. The van der Waals surface area contributed by atoms with E-state index in [0.29, 0.717) is 18.8 Å². The van der Waals surface area contributed by atoms with Gasteiger partial charge in [0.1, 0.15) is 12.4 Å². The van der Waals surface area contributed by atoms with Gasteiger partial charge < -0.3 is 15.4 Å². The minimum absolute atomic E-state index is 0.0384. The molecule has 0 spiro atoms. The third kappa shape index (κ3) is 5.97. The molecular weight excluding hydrogens is 378 g/mol. The van der Waals surface area contributed by atoms with Crippen LogP contribution in [0, 0.1) is 13.8 Å². The van der Waals surface area contributed by atoms with Crippen molar-refractivity contribution in [2.75, 3.05) is 39.1 Å².